The fourth-order valence-corrected chi connectivity index (χ4v) is 3.33. The zero-order valence-corrected chi connectivity index (χ0v) is 14.6. The first-order valence-electron chi connectivity index (χ1n) is 7.71. The van der Waals surface area contributed by atoms with Crippen molar-refractivity contribution in [2.75, 3.05) is 0 Å². The van der Waals surface area contributed by atoms with Crippen LogP contribution in [0.25, 0.3) is 28.0 Å². The van der Waals surface area contributed by atoms with Gasteiger partial charge >= 0.3 is 0 Å². The van der Waals surface area contributed by atoms with Crippen molar-refractivity contribution >= 4 is 22.6 Å². The zero-order chi connectivity index (χ0) is 18.6. The smallest absolute Gasteiger partial charge is 0.144 e. The summed E-state index contributed by atoms with van der Waals surface area (Å²) in [4.78, 5) is 4.31. The molecule has 0 saturated carbocycles. The van der Waals surface area contributed by atoms with Gasteiger partial charge in [0.05, 0.1) is 27.9 Å². The first-order chi connectivity index (χ1) is 12.4. The quantitative estimate of drug-likeness (QED) is 0.566. The number of phenols is 1. The molecule has 2 aromatic carbocycles. The van der Waals surface area contributed by atoms with Gasteiger partial charge in [-0.3, -0.25) is 9.25 Å². The maximum atomic E-state index is 14.5. The predicted molar refractivity (Wildman–Crippen MR) is 94.6 cm³/mol. The van der Waals surface area contributed by atoms with Crippen molar-refractivity contribution in [3.8, 4) is 22.7 Å². The summed E-state index contributed by atoms with van der Waals surface area (Å²) in [5, 5.41) is 14.3. The molecule has 0 unspecified atom stereocenters. The summed E-state index contributed by atoms with van der Waals surface area (Å²) in [6.07, 6.45) is 1.55. The van der Waals surface area contributed by atoms with Crippen LogP contribution in [-0.2, 0) is 7.05 Å². The highest BCUT2D eigenvalue weighted by Gasteiger charge is 2.24. The van der Waals surface area contributed by atoms with E-state index in [1.54, 1.807) is 43.1 Å². The van der Waals surface area contributed by atoms with E-state index in [2.05, 4.69) is 10.1 Å². The normalized spacial score (nSPS) is 11.4. The van der Waals surface area contributed by atoms with Gasteiger partial charge in [0, 0.05) is 24.2 Å². The third kappa shape index (κ3) is 2.43. The molecule has 0 radical (unpaired) electrons. The third-order valence-electron chi connectivity index (χ3n) is 4.21. The van der Waals surface area contributed by atoms with Crippen LogP contribution in [-0.4, -0.2) is 24.4 Å². The lowest BCUT2D eigenvalue weighted by Gasteiger charge is -2.11. The number of hydrogen-bond acceptors (Lipinski definition) is 3. The SMILES string of the molecule is Cc1nn(C)c(-n2cnc3cc(Cl)ccc32)c1-c1c(F)cc(O)cc1F. The van der Waals surface area contributed by atoms with E-state index in [0.717, 1.165) is 17.6 Å². The Hall–Kier alpha value is -2.93. The van der Waals surface area contributed by atoms with E-state index < -0.39 is 17.4 Å². The standard InChI is InChI=1S/C18H13ClF2N4O/c1-9-16(17-12(20)6-11(26)7-13(17)21)18(24(2)23-9)25-8-22-14-5-10(19)3-4-15(14)25/h3-8,26H,1-2H3. The van der Waals surface area contributed by atoms with Crippen LogP contribution in [0.2, 0.25) is 5.02 Å². The lowest BCUT2D eigenvalue weighted by atomic mass is 10.0. The molecule has 132 valence electrons. The molecule has 8 heteroatoms. The number of benzene rings is 2. The molecule has 0 bridgehead atoms. The van der Waals surface area contributed by atoms with Gasteiger partial charge in [0.1, 0.15) is 29.5 Å². The van der Waals surface area contributed by atoms with Gasteiger partial charge < -0.3 is 5.11 Å². The molecule has 0 spiro atoms. The number of phenolic OH excluding ortho intramolecular Hbond substituents is 1. The Morgan fingerprint density at radius 3 is 2.46 bits per heavy atom. The van der Waals surface area contributed by atoms with Gasteiger partial charge in [-0.25, -0.2) is 13.8 Å². The van der Waals surface area contributed by atoms with Crippen LogP contribution in [0.15, 0.2) is 36.7 Å². The fourth-order valence-electron chi connectivity index (χ4n) is 3.17. The van der Waals surface area contributed by atoms with Gasteiger partial charge in [0.15, 0.2) is 0 Å². The van der Waals surface area contributed by atoms with Crippen molar-refractivity contribution < 1.29 is 13.9 Å². The molecule has 0 amide bonds. The second-order valence-electron chi connectivity index (χ2n) is 5.94. The number of aryl methyl sites for hydroxylation is 2. The summed E-state index contributed by atoms with van der Waals surface area (Å²) in [6, 6.07) is 6.95. The highest BCUT2D eigenvalue weighted by molar-refractivity contribution is 6.31. The molecule has 0 fully saturated rings. The topological polar surface area (TPSA) is 55.9 Å². The monoisotopic (exact) mass is 374 g/mol. The number of hydrogen-bond donors (Lipinski definition) is 1. The molecule has 4 aromatic rings. The van der Waals surface area contributed by atoms with Gasteiger partial charge in [0.25, 0.3) is 0 Å². The van der Waals surface area contributed by atoms with E-state index in [1.165, 1.54) is 4.68 Å². The van der Waals surface area contributed by atoms with Gasteiger partial charge in [-0.05, 0) is 25.1 Å². The van der Waals surface area contributed by atoms with E-state index in [0.29, 0.717) is 22.1 Å². The maximum absolute atomic E-state index is 14.5. The Bertz CT molecular complexity index is 1140. The minimum Gasteiger partial charge on any atom is -0.508 e. The van der Waals surface area contributed by atoms with Crippen molar-refractivity contribution in [2.24, 2.45) is 7.05 Å². The first-order valence-corrected chi connectivity index (χ1v) is 8.09. The number of halogens is 3. The molecule has 26 heavy (non-hydrogen) atoms. The van der Waals surface area contributed by atoms with E-state index >= 15 is 0 Å². The highest BCUT2D eigenvalue weighted by atomic mass is 35.5. The van der Waals surface area contributed by atoms with Crippen LogP contribution in [0.1, 0.15) is 5.69 Å². The van der Waals surface area contributed by atoms with Gasteiger partial charge in [-0.15, -0.1) is 0 Å². The molecule has 4 rings (SSSR count). The summed E-state index contributed by atoms with van der Waals surface area (Å²) in [7, 11) is 1.68. The average molecular weight is 375 g/mol. The van der Waals surface area contributed by atoms with E-state index in [1.807, 2.05) is 0 Å². The lowest BCUT2D eigenvalue weighted by Crippen LogP contribution is -2.04. The van der Waals surface area contributed by atoms with Crippen LogP contribution in [0, 0.1) is 18.6 Å². The Morgan fingerprint density at radius 1 is 1.08 bits per heavy atom. The van der Waals surface area contributed by atoms with E-state index in [-0.39, 0.29) is 11.1 Å². The number of aromatic hydroxyl groups is 1. The first kappa shape index (κ1) is 16.5. The highest BCUT2D eigenvalue weighted by Crippen LogP contribution is 2.36. The molecule has 0 atom stereocenters. The van der Waals surface area contributed by atoms with Crippen LogP contribution >= 0.6 is 11.6 Å². The van der Waals surface area contributed by atoms with Crippen LogP contribution < -0.4 is 0 Å². The van der Waals surface area contributed by atoms with E-state index in [9.17, 15) is 13.9 Å². The van der Waals surface area contributed by atoms with Crippen LogP contribution in [0.3, 0.4) is 0 Å². The molecule has 1 N–H and O–H groups in total. The molecule has 2 heterocycles. The molecule has 0 aliphatic carbocycles. The summed E-state index contributed by atoms with van der Waals surface area (Å²) >= 11 is 6.00. The van der Waals surface area contributed by atoms with Crippen molar-refractivity contribution in [2.45, 2.75) is 6.92 Å². The molecule has 5 nitrogen and oxygen atoms in total. The minimum absolute atomic E-state index is 0.251. The Balaban J connectivity index is 2.06. The Morgan fingerprint density at radius 2 is 1.77 bits per heavy atom. The Kier molecular flexibility index (Phi) is 3.69. The van der Waals surface area contributed by atoms with Crippen molar-refractivity contribution in [3.05, 3.63) is 59.0 Å². The third-order valence-corrected chi connectivity index (χ3v) is 4.44. The number of imidazole rings is 1. The van der Waals surface area contributed by atoms with Crippen molar-refractivity contribution in [1.82, 2.24) is 19.3 Å². The van der Waals surface area contributed by atoms with Gasteiger partial charge in [-0.1, -0.05) is 11.6 Å². The molecule has 0 aliphatic rings. The predicted octanol–water partition coefficient (Wildman–Crippen LogP) is 4.37. The molecular weight excluding hydrogens is 362 g/mol. The molecule has 0 aliphatic heterocycles. The van der Waals surface area contributed by atoms with E-state index in [4.69, 9.17) is 11.6 Å². The summed E-state index contributed by atoms with van der Waals surface area (Å²) in [6.45, 7) is 1.67. The Labute approximate surface area is 152 Å². The minimum atomic E-state index is -0.868. The second kappa shape index (κ2) is 5.81. The summed E-state index contributed by atoms with van der Waals surface area (Å²) < 4.78 is 32.2. The molecule has 2 aromatic heterocycles. The number of nitrogens with zero attached hydrogens (tertiary/aromatic N) is 4. The fraction of sp³-hybridized carbons (Fsp3) is 0.111. The van der Waals surface area contributed by atoms with Crippen LogP contribution in [0.4, 0.5) is 8.78 Å². The number of aromatic nitrogens is 4. The van der Waals surface area contributed by atoms with Gasteiger partial charge in [0.2, 0.25) is 0 Å². The second-order valence-corrected chi connectivity index (χ2v) is 6.38. The van der Waals surface area contributed by atoms with Gasteiger partial charge in [-0.2, -0.15) is 5.10 Å². The largest absolute Gasteiger partial charge is 0.508 e. The zero-order valence-electron chi connectivity index (χ0n) is 13.8. The molecule has 0 saturated heterocycles. The van der Waals surface area contributed by atoms with Crippen molar-refractivity contribution in [1.29, 1.82) is 0 Å². The van der Waals surface area contributed by atoms with Crippen molar-refractivity contribution in [3.63, 3.8) is 0 Å². The molecular formula is C18H13ClF2N4O. The maximum Gasteiger partial charge on any atom is 0.144 e. The average Bonchev–Trinajstić information content (AvgIpc) is 3.07. The summed E-state index contributed by atoms with van der Waals surface area (Å²) in [5.41, 5.74) is 1.85. The summed E-state index contributed by atoms with van der Waals surface area (Å²) in [5.74, 6) is -1.76. The number of rotatable bonds is 2. The number of fused-ring (bicyclic) bond motifs is 1. The lowest BCUT2D eigenvalue weighted by molar-refractivity contribution is 0.461. The van der Waals surface area contributed by atoms with Crippen LogP contribution in [0.5, 0.6) is 5.75 Å².